The van der Waals surface area contributed by atoms with Crippen LogP contribution >= 0.6 is 23.5 Å². The normalized spacial score (nSPS) is 19.5. The van der Waals surface area contributed by atoms with Gasteiger partial charge in [-0.2, -0.15) is 10.5 Å². The topological polar surface area (TPSA) is 112 Å². The van der Waals surface area contributed by atoms with Crippen LogP contribution in [0.3, 0.4) is 0 Å². The SMILES string of the molecule is CCOP(=O)(OCC)C1(C(C#N)C#N)C(=O)Nc2cccc(Br)c21. The molecule has 1 N–H and O–H groups in total. The second-order valence-corrected chi connectivity index (χ2v) is 7.98. The third-order valence-corrected chi connectivity index (χ3v) is 7.10. The minimum Gasteiger partial charge on any atom is -0.324 e. The number of nitriles is 2. The number of benzene rings is 1. The van der Waals surface area contributed by atoms with Gasteiger partial charge in [0, 0.05) is 15.7 Å². The van der Waals surface area contributed by atoms with Gasteiger partial charge in [-0.25, -0.2) is 0 Å². The number of fused-ring (bicyclic) bond motifs is 1. The number of carbonyl (C=O) groups excluding carboxylic acids is 1. The maximum Gasteiger partial charge on any atom is 0.353 e. The second kappa shape index (κ2) is 7.04. The van der Waals surface area contributed by atoms with Crippen molar-refractivity contribution >= 4 is 35.1 Å². The van der Waals surface area contributed by atoms with Gasteiger partial charge in [-0.1, -0.05) is 22.0 Å². The molecule has 1 aliphatic rings. The van der Waals surface area contributed by atoms with Gasteiger partial charge in [0.25, 0.3) is 0 Å². The number of hydrogen-bond acceptors (Lipinski definition) is 6. The largest absolute Gasteiger partial charge is 0.353 e. The van der Waals surface area contributed by atoms with Gasteiger partial charge in [-0.15, -0.1) is 0 Å². The summed E-state index contributed by atoms with van der Waals surface area (Å²) in [5.74, 6) is -2.30. The van der Waals surface area contributed by atoms with Crippen molar-refractivity contribution in [2.75, 3.05) is 18.5 Å². The van der Waals surface area contributed by atoms with E-state index in [9.17, 15) is 19.9 Å². The van der Waals surface area contributed by atoms with E-state index in [0.29, 0.717) is 10.2 Å². The first kappa shape index (κ1) is 18.6. The van der Waals surface area contributed by atoms with Crippen molar-refractivity contribution in [3.8, 4) is 12.1 Å². The molecule has 7 nitrogen and oxygen atoms in total. The highest BCUT2D eigenvalue weighted by Gasteiger charge is 2.68. The smallest absolute Gasteiger partial charge is 0.324 e. The molecule has 1 aromatic rings. The zero-order valence-electron chi connectivity index (χ0n) is 13.1. The third-order valence-electron chi connectivity index (χ3n) is 3.70. The van der Waals surface area contributed by atoms with Crippen LogP contribution in [0, 0.1) is 28.6 Å². The van der Waals surface area contributed by atoms with Crippen LogP contribution in [0.2, 0.25) is 0 Å². The van der Waals surface area contributed by atoms with Crippen molar-refractivity contribution in [3.05, 3.63) is 28.2 Å². The molecule has 0 bridgehead atoms. The zero-order valence-corrected chi connectivity index (χ0v) is 15.6. The summed E-state index contributed by atoms with van der Waals surface area (Å²) in [4.78, 5) is 12.9. The van der Waals surface area contributed by atoms with Gasteiger partial charge in [-0.3, -0.25) is 9.36 Å². The fraction of sp³-hybridized carbons (Fsp3) is 0.400. The number of hydrogen-bond donors (Lipinski definition) is 1. The van der Waals surface area contributed by atoms with Gasteiger partial charge in [0.1, 0.15) is 0 Å². The van der Waals surface area contributed by atoms with Gasteiger partial charge in [0.2, 0.25) is 11.1 Å². The number of carbonyl (C=O) groups is 1. The lowest BCUT2D eigenvalue weighted by molar-refractivity contribution is -0.119. The first-order valence-corrected chi connectivity index (χ1v) is 9.55. The predicted molar refractivity (Wildman–Crippen MR) is 90.0 cm³/mol. The van der Waals surface area contributed by atoms with Crippen molar-refractivity contribution in [2.24, 2.45) is 5.92 Å². The van der Waals surface area contributed by atoms with Gasteiger partial charge >= 0.3 is 7.60 Å². The van der Waals surface area contributed by atoms with Crippen LogP contribution in [0.15, 0.2) is 22.7 Å². The predicted octanol–water partition coefficient (Wildman–Crippen LogP) is 3.53. The Morgan fingerprint density at radius 1 is 1.29 bits per heavy atom. The summed E-state index contributed by atoms with van der Waals surface area (Å²) < 4.78 is 24.8. The summed E-state index contributed by atoms with van der Waals surface area (Å²) in [5.41, 5.74) is 0.609. The molecule has 1 aromatic carbocycles. The second-order valence-electron chi connectivity index (χ2n) is 4.91. The van der Waals surface area contributed by atoms with Crippen LogP contribution in [0.4, 0.5) is 5.69 Å². The minimum atomic E-state index is -4.19. The first-order valence-electron chi connectivity index (χ1n) is 7.21. The molecule has 0 saturated heterocycles. The summed E-state index contributed by atoms with van der Waals surface area (Å²) >= 11 is 3.33. The summed E-state index contributed by atoms with van der Waals surface area (Å²) in [6.45, 7) is 3.19. The molecule has 0 aromatic heterocycles. The molecular weight excluding hydrogens is 397 g/mol. The fourth-order valence-corrected chi connectivity index (χ4v) is 6.08. The molecule has 0 fully saturated rings. The van der Waals surface area contributed by atoms with Crippen LogP contribution in [-0.4, -0.2) is 19.1 Å². The van der Waals surface area contributed by atoms with Crippen molar-refractivity contribution in [1.29, 1.82) is 10.5 Å². The molecule has 126 valence electrons. The minimum absolute atomic E-state index is 0.00429. The zero-order chi connectivity index (χ0) is 18.0. The van der Waals surface area contributed by atoms with E-state index in [4.69, 9.17) is 9.05 Å². The van der Waals surface area contributed by atoms with Gasteiger partial charge in [0.05, 0.1) is 25.4 Å². The number of halogens is 1. The molecule has 1 aliphatic heterocycles. The van der Waals surface area contributed by atoms with Gasteiger partial charge in [-0.05, 0) is 26.0 Å². The lowest BCUT2D eigenvalue weighted by Gasteiger charge is -2.35. The Balaban J connectivity index is 2.92. The van der Waals surface area contributed by atoms with E-state index in [1.165, 1.54) is 0 Å². The van der Waals surface area contributed by atoms with Crippen LogP contribution < -0.4 is 5.32 Å². The van der Waals surface area contributed by atoms with Crippen molar-refractivity contribution in [1.82, 2.24) is 0 Å². The summed E-state index contributed by atoms with van der Waals surface area (Å²) in [6.07, 6.45) is 0. The van der Waals surface area contributed by atoms with Gasteiger partial charge in [0.15, 0.2) is 5.92 Å². The highest BCUT2D eigenvalue weighted by atomic mass is 79.9. The van der Waals surface area contributed by atoms with Crippen LogP contribution in [-0.2, 0) is 23.6 Å². The van der Waals surface area contributed by atoms with Gasteiger partial charge < -0.3 is 14.4 Å². The van der Waals surface area contributed by atoms with E-state index >= 15 is 0 Å². The van der Waals surface area contributed by atoms with Crippen LogP contribution in [0.1, 0.15) is 19.4 Å². The highest BCUT2D eigenvalue weighted by Crippen LogP contribution is 2.71. The molecule has 0 spiro atoms. The molecule has 2 rings (SSSR count). The average molecular weight is 412 g/mol. The Morgan fingerprint density at radius 3 is 2.38 bits per heavy atom. The molecule has 24 heavy (non-hydrogen) atoms. The number of anilines is 1. The Morgan fingerprint density at radius 2 is 1.88 bits per heavy atom. The van der Waals surface area contributed by atoms with Crippen molar-refractivity contribution in [2.45, 2.75) is 19.0 Å². The molecule has 0 saturated carbocycles. The van der Waals surface area contributed by atoms with Crippen molar-refractivity contribution in [3.63, 3.8) is 0 Å². The number of amides is 1. The molecule has 1 atom stereocenters. The quantitative estimate of drug-likeness (QED) is 0.716. The Labute approximate surface area is 148 Å². The number of nitrogens with zero attached hydrogens (tertiary/aromatic N) is 2. The monoisotopic (exact) mass is 411 g/mol. The molecule has 9 heteroatoms. The molecular formula is C15H15BrN3O4P. The first-order chi connectivity index (χ1) is 11.4. The maximum absolute atomic E-state index is 13.6. The number of rotatable bonds is 6. The molecule has 1 amide bonds. The Bertz CT molecular complexity index is 777. The summed E-state index contributed by atoms with van der Waals surface area (Å²) in [7, 11) is -4.19. The molecule has 1 unspecified atom stereocenters. The number of nitrogens with one attached hydrogen (secondary N) is 1. The standard InChI is InChI=1S/C15H15BrN3O4P/c1-3-22-24(21,23-4-2)15(10(8-17)9-18)13-11(16)6-5-7-12(13)19-14(15)20/h5-7,10H,3-4H2,1-2H3,(H,19,20). The third kappa shape index (κ3) is 2.47. The highest BCUT2D eigenvalue weighted by molar-refractivity contribution is 9.10. The van der Waals surface area contributed by atoms with Crippen LogP contribution in [0.5, 0.6) is 0 Å². The van der Waals surface area contributed by atoms with E-state index in [0.717, 1.165) is 0 Å². The molecule has 0 radical (unpaired) electrons. The average Bonchev–Trinajstić information content (AvgIpc) is 2.84. The maximum atomic E-state index is 13.6. The lowest BCUT2D eigenvalue weighted by Crippen LogP contribution is -2.42. The summed E-state index contributed by atoms with van der Waals surface area (Å²) in [5, 5.41) is 19.5. The Kier molecular flexibility index (Phi) is 5.47. The van der Waals surface area contributed by atoms with E-state index in [-0.39, 0.29) is 18.8 Å². The summed E-state index contributed by atoms with van der Waals surface area (Å²) in [6, 6.07) is 8.49. The van der Waals surface area contributed by atoms with Crippen LogP contribution in [0.25, 0.3) is 0 Å². The molecule has 1 heterocycles. The van der Waals surface area contributed by atoms with E-state index in [2.05, 4.69) is 21.2 Å². The van der Waals surface area contributed by atoms with E-state index < -0.39 is 24.6 Å². The molecule has 0 aliphatic carbocycles. The fourth-order valence-electron chi connectivity index (χ4n) is 2.84. The lowest BCUT2D eigenvalue weighted by atomic mass is 9.87. The van der Waals surface area contributed by atoms with E-state index in [1.807, 2.05) is 0 Å². The van der Waals surface area contributed by atoms with Crippen molar-refractivity contribution < 1.29 is 18.4 Å². The van der Waals surface area contributed by atoms with E-state index in [1.54, 1.807) is 44.2 Å². The Hall–Kier alpha value is -1.70.